The van der Waals surface area contributed by atoms with E-state index >= 15 is 0 Å². The van der Waals surface area contributed by atoms with E-state index in [1.165, 1.54) is 5.56 Å². The van der Waals surface area contributed by atoms with Crippen LogP contribution in [0.1, 0.15) is 61.7 Å². The lowest BCUT2D eigenvalue weighted by molar-refractivity contribution is -0.137. The van der Waals surface area contributed by atoms with Gasteiger partial charge in [-0.05, 0) is 59.1 Å². The zero-order valence-corrected chi connectivity index (χ0v) is 19.6. The van der Waals surface area contributed by atoms with Crippen molar-refractivity contribution in [2.24, 2.45) is 0 Å². The lowest BCUT2D eigenvalue weighted by Crippen LogP contribution is -2.39. The molecular weight excluding hydrogens is 376 g/mol. The van der Waals surface area contributed by atoms with Gasteiger partial charge in [0.25, 0.3) is 5.91 Å². The molecule has 30 heavy (non-hydrogen) atoms. The number of hydrogen-bond acceptors (Lipinski definition) is 5. The van der Waals surface area contributed by atoms with Crippen molar-refractivity contribution >= 4 is 23.2 Å². The van der Waals surface area contributed by atoms with Crippen LogP contribution in [0, 0.1) is 27.7 Å². The van der Waals surface area contributed by atoms with Crippen LogP contribution in [0.5, 0.6) is 0 Å². The molecular formula is C24H34N4O2. The summed E-state index contributed by atoms with van der Waals surface area (Å²) in [6, 6.07) is 4.21. The van der Waals surface area contributed by atoms with Crippen molar-refractivity contribution < 1.29 is 9.53 Å². The van der Waals surface area contributed by atoms with Crippen molar-refractivity contribution in [3.63, 3.8) is 0 Å². The Morgan fingerprint density at radius 2 is 1.73 bits per heavy atom. The molecule has 0 aliphatic carbocycles. The van der Waals surface area contributed by atoms with Crippen LogP contribution in [-0.4, -0.2) is 36.1 Å². The fourth-order valence-electron chi connectivity index (χ4n) is 4.46. The summed E-state index contributed by atoms with van der Waals surface area (Å²) in [5.74, 6) is 1.97. The summed E-state index contributed by atoms with van der Waals surface area (Å²) in [5.41, 5.74) is 3.77. The van der Waals surface area contributed by atoms with Crippen molar-refractivity contribution in [2.75, 3.05) is 30.0 Å². The monoisotopic (exact) mass is 410 g/mol. The predicted octanol–water partition coefficient (Wildman–Crippen LogP) is 4.88. The molecule has 0 saturated carbocycles. The lowest BCUT2D eigenvalue weighted by atomic mass is 9.98. The van der Waals surface area contributed by atoms with Gasteiger partial charge in [0.15, 0.2) is 11.4 Å². The second kappa shape index (κ2) is 8.34. The highest BCUT2D eigenvalue weighted by atomic mass is 16.5. The minimum Gasteiger partial charge on any atom is -0.364 e. The summed E-state index contributed by atoms with van der Waals surface area (Å²) in [6.45, 7) is 15.9. The maximum absolute atomic E-state index is 13.8. The summed E-state index contributed by atoms with van der Waals surface area (Å²) >= 11 is 0. The van der Waals surface area contributed by atoms with Gasteiger partial charge in [0, 0.05) is 20.2 Å². The van der Waals surface area contributed by atoms with Crippen molar-refractivity contribution in [1.82, 2.24) is 9.97 Å². The molecule has 0 radical (unpaired) electrons. The van der Waals surface area contributed by atoms with E-state index in [0.29, 0.717) is 11.6 Å². The number of methoxy groups -OCH3 is 1. The fraction of sp³-hybridized carbons (Fsp3) is 0.542. The second-order valence-electron chi connectivity index (χ2n) is 8.35. The first-order valence-electron chi connectivity index (χ1n) is 10.8. The van der Waals surface area contributed by atoms with Gasteiger partial charge in [-0.3, -0.25) is 9.69 Å². The smallest absolute Gasteiger partial charge is 0.269 e. The Bertz CT molecular complexity index is 949. The average molecular weight is 411 g/mol. The van der Waals surface area contributed by atoms with E-state index in [1.54, 1.807) is 12.0 Å². The van der Waals surface area contributed by atoms with Crippen LogP contribution in [0.15, 0.2) is 12.1 Å². The minimum atomic E-state index is -1.14. The van der Waals surface area contributed by atoms with Gasteiger partial charge in [0.05, 0.1) is 11.3 Å². The maximum Gasteiger partial charge on any atom is 0.269 e. The van der Waals surface area contributed by atoms with Crippen LogP contribution in [0.3, 0.4) is 0 Å². The first kappa shape index (κ1) is 22.2. The third-order valence-corrected chi connectivity index (χ3v) is 6.01. The summed E-state index contributed by atoms with van der Waals surface area (Å²) in [5, 5.41) is 0. The van der Waals surface area contributed by atoms with Gasteiger partial charge in [-0.1, -0.05) is 31.0 Å². The second-order valence-corrected chi connectivity index (χ2v) is 8.35. The molecule has 6 nitrogen and oxygen atoms in total. The molecule has 3 rings (SSSR count). The Kier molecular flexibility index (Phi) is 6.18. The van der Waals surface area contributed by atoms with Crippen LogP contribution in [0.25, 0.3) is 0 Å². The number of rotatable bonds is 7. The van der Waals surface area contributed by atoms with Crippen LogP contribution in [-0.2, 0) is 15.1 Å². The molecule has 0 bridgehead atoms. The summed E-state index contributed by atoms with van der Waals surface area (Å²) in [7, 11) is 1.59. The highest BCUT2D eigenvalue weighted by Crippen LogP contribution is 2.49. The van der Waals surface area contributed by atoms with Gasteiger partial charge < -0.3 is 9.64 Å². The Labute approximate surface area is 180 Å². The molecule has 0 saturated heterocycles. The predicted molar refractivity (Wildman–Crippen MR) is 122 cm³/mol. The van der Waals surface area contributed by atoms with Crippen molar-refractivity contribution in [3.8, 4) is 0 Å². The van der Waals surface area contributed by atoms with E-state index in [2.05, 4.69) is 37.8 Å². The quantitative estimate of drug-likeness (QED) is 0.651. The highest BCUT2D eigenvalue weighted by Gasteiger charge is 2.53. The average Bonchev–Trinajstić information content (AvgIpc) is 2.90. The molecule has 1 aromatic carbocycles. The van der Waals surface area contributed by atoms with Crippen LogP contribution in [0.4, 0.5) is 17.3 Å². The molecule has 1 unspecified atom stereocenters. The molecule has 1 aliphatic rings. The van der Waals surface area contributed by atoms with Crippen molar-refractivity contribution in [1.29, 1.82) is 0 Å². The molecule has 2 heterocycles. The Morgan fingerprint density at radius 3 is 2.27 bits per heavy atom. The molecule has 0 spiro atoms. The largest absolute Gasteiger partial charge is 0.364 e. The van der Waals surface area contributed by atoms with E-state index in [4.69, 9.17) is 14.7 Å². The van der Waals surface area contributed by atoms with Gasteiger partial charge in [0.1, 0.15) is 11.6 Å². The first-order chi connectivity index (χ1) is 14.2. The molecule has 162 valence electrons. The lowest BCUT2D eigenvalue weighted by Gasteiger charge is -2.28. The zero-order valence-electron chi connectivity index (χ0n) is 19.6. The molecule has 1 atom stereocenters. The number of carbonyl (C=O) groups excluding carboxylic acids is 1. The number of ether oxygens (including phenoxy) is 1. The number of benzene rings is 1. The van der Waals surface area contributed by atoms with Crippen LogP contribution < -0.4 is 9.80 Å². The zero-order chi connectivity index (χ0) is 22.2. The van der Waals surface area contributed by atoms with E-state index in [-0.39, 0.29) is 5.91 Å². The fourth-order valence-corrected chi connectivity index (χ4v) is 4.46. The number of amides is 1. The number of nitrogens with zero attached hydrogens (tertiary/aromatic N) is 4. The number of carbonyl (C=O) groups is 1. The van der Waals surface area contributed by atoms with Gasteiger partial charge >= 0.3 is 0 Å². The van der Waals surface area contributed by atoms with E-state index in [0.717, 1.165) is 54.1 Å². The topological polar surface area (TPSA) is 58.6 Å². The standard InChI is InChI=1S/C24H34N4O2/c1-9-11-12-27(10-2)21-19-22(26-18(6)25-21)28(23(29)24(19,7)30-8)20-16(4)13-15(3)14-17(20)5/h13-14H,9-12H2,1-8H3. The number of hydrogen-bond donors (Lipinski definition) is 0. The highest BCUT2D eigenvalue weighted by molar-refractivity contribution is 6.13. The number of aryl methyl sites for hydroxylation is 4. The SMILES string of the molecule is CCCCN(CC)c1nc(C)nc2c1C(C)(OC)C(=O)N2c1c(C)cc(C)cc1C. The molecule has 1 aromatic heterocycles. The Balaban J connectivity index is 2.31. The molecule has 1 amide bonds. The minimum absolute atomic E-state index is 0.122. The molecule has 1 aliphatic heterocycles. The normalized spacial score (nSPS) is 18.1. The van der Waals surface area contributed by atoms with Crippen LogP contribution in [0.2, 0.25) is 0 Å². The third kappa shape index (κ3) is 3.47. The maximum atomic E-state index is 13.8. The summed E-state index contributed by atoms with van der Waals surface area (Å²) < 4.78 is 5.87. The number of fused-ring (bicyclic) bond motifs is 1. The summed E-state index contributed by atoms with van der Waals surface area (Å²) in [6.07, 6.45) is 2.15. The Hall–Kier alpha value is -2.47. The van der Waals surface area contributed by atoms with E-state index < -0.39 is 5.60 Å². The van der Waals surface area contributed by atoms with Gasteiger partial charge in [-0.15, -0.1) is 0 Å². The van der Waals surface area contributed by atoms with Crippen molar-refractivity contribution in [2.45, 2.75) is 66.9 Å². The van der Waals surface area contributed by atoms with E-state index in [1.807, 2.05) is 27.7 Å². The van der Waals surface area contributed by atoms with Gasteiger partial charge in [0.2, 0.25) is 0 Å². The first-order valence-corrected chi connectivity index (χ1v) is 10.8. The summed E-state index contributed by atoms with van der Waals surface area (Å²) in [4.78, 5) is 27.3. The van der Waals surface area contributed by atoms with Gasteiger partial charge in [-0.25, -0.2) is 9.97 Å². The number of aromatic nitrogens is 2. The number of unbranched alkanes of at least 4 members (excludes halogenated alkanes) is 1. The molecule has 0 N–H and O–H groups in total. The van der Waals surface area contributed by atoms with Crippen molar-refractivity contribution in [3.05, 3.63) is 40.2 Å². The number of anilines is 3. The molecule has 0 fully saturated rings. The molecule has 6 heteroatoms. The van der Waals surface area contributed by atoms with E-state index in [9.17, 15) is 4.79 Å². The van der Waals surface area contributed by atoms with Gasteiger partial charge in [-0.2, -0.15) is 0 Å². The molecule has 2 aromatic rings. The van der Waals surface area contributed by atoms with Crippen LogP contribution >= 0.6 is 0 Å². The third-order valence-electron chi connectivity index (χ3n) is 6.01. The Morgan fingerprint density at radius 1 is 1.10 bits per heavy atom.